The number of halogens is 1. The fourth-order valence-electron chi connectivity index (χ4n) is 2.15. The van der Waals surface area contributed by atoms with E-state index in [4.69, 9.17) is 4.74 Å². The number of aliphatic imine (C=N–C) groups is 1. The molecule has 22 heavy (non-hydrogen) atoms. The Balaban J connectivity index is 0.00000242. The molecule has 6 nitrogen and oxygen atoms in total. The minimum atomic E-state index is 0. The highest BCUT2D eigenvalue weighted by molar-refractivity contribution is 14.0. The molecule has 1 aliphatic carbocycles. The molecule has 0 unspecified atom stereocenters. The number of nitrogens with zero attached hydrogens (tertiary/aromatic N) is 4. The SMILES string of the molecule is CN=C(NCCc1cnn(C)c1)N(C)CCOCC1CC1.I. The number of ether oxygens (including phenoxy) is 1. The maximum atomic E-state index is 5.66. The van der Waals surface area contributed by atoms with Crippen LogP contribution in [0.5, 0.6) is 0 Å². The van der Waals surface area contributed by atoms with E-state index >= 15 is 0 Å². The average Bonchev–Trinajstić information content (AvgIpc) is 3.21. The highest BCUT2D eigenvalue weighted by atomic mass is 127. The molecule has 0 aliphatic heterocycles. The minimum Gasteiger partial charge on any atom is -0.379 e. The highest BCUT2D eigenvalue weighted by Crippen LogP contribution is 2.28. The lowest BCUT2D eigenvalue weighted by Crippen LogP contribution is -2.41. The largest absolute Gasteiger partial charge is 0.379 e. The van der Waals surface area contributed by atoms with Crippen LogP contribution in [0.25, 0.3) is 0 Å². The van der Waals surface area contributed by atoms with Crippen molar-refractivity contribution in [1.29, 1.82) is 0 Å². The van der Waals surface area contributed by atoms with Crippen LogP contribution in [0.3, 0.4) is 0 Å². The average molecular weight is 421 g/mol. The summed E-state index contributed by atoms with van der Waals surface area (Å²) < 4.78 is 7.49. The molecule has 1 saturated carbocycles. The summed E-state index contributed by atoms with van der Waals surface area (Å²) in [5.41, 5.74) is 1.23. The molecule has 0 radical (unpaired) electrons. The van der Waals surface area contributed by atoms with Gasteiger partial charge in [-0.2, -0.15) is 5.10 Å². The van der Waals surface area contributed by atoms with Crippen LogP contribution in [0.1, 0.15) is 18.4 Å². The maximum Gasteiger partial charge on any atom is 0.193 e. The van der Waals surface area contributed by atoms with E-state index in [-0.39, 0.29) is 24.0 Å². The number of rotatable bonds is 8. The van der Waals surface area contributed by atoms with Gasteiger partial charge >= 0.3 is 0 Å². The van der Waals surface area contributed by atoms with Crippen LogP contribution >= 0.6 is 24.0 Å². The van der Waals surface area contributed by atoms with E-state index in [9.17, 15) is 0 Å². The fraction of sp³-hybridized carbons (Fsp3) is 0.733. The molecule has 0 saturated heterocycles. The molecule has 0 amide bonds. The van der Waals surface area contributed by atoms with Gasteiger partial charge in [0.15, 0.2) is 5.96 Å². The second-order valence-corrected chi connectivity index (χ2v) is 5.69. The summed E-state index contributed by atoms with van der Waals surface area (Å²) in [4.78, 5) is 6.41. The Morgan fingerprint density at radius 2 is 2.32 bits per heavy atom. The van der Waals surface area contributed by atoms with Gasteiger partial charge in [0, 0.05) is 47.0 Å². The van der Waals surface area contributed by atoms with Gasteiger partial charge in [0.25, 0.3) is 0 Å². The summed E-state index contributed by atoms with van der Waals surface area (Å²) in [5.74, 6) is 1.74. The van der Waals surface area contributed by atoms with E-state index in [0.29, 0.717) is 0 Å². The van der Waals surface area contributed by atoms with Crippen molar-refractivity contribution in [2.24, 2.45) is 18.0 Å². The number of hydrogen-bond acceptors (Lipinski definition) is 3. The minimum absolute atomic E-state index is 0. The Hall–Kier alpha value is -0.830. The predicted octanol–water partition coefficient (Wildman–Crippen LogP) is 1.51. The zero-order valence-electron chi connectivity index (χ0n) is 13.8. The lowest BCUT2D eigenvalue weighted by molar-refractivity contribution is 0.115. The van der Waals surface area contributed by atoms with Crippen LogP contribution in [0, 0.1) is 5.92 Å². The maximum absolute atomic E-state index is 5.66. The van der Waals surface area contributed by atoms with E-state index in [1.807, 2.05) is 38.2 Å². The Morgan fingerprint density at radius 1 is 1.55 bits per heavy atom. The van der Waals surface area contributed by atoms with Gasteiger partial charge in [-0.3, -0.25) is 9.67 Å². The quantitative estimate of drug-likeness (QED) is 0.299. The van der Waals surface area contributed by atoms with Gasteiger partial charge in [-0.25, -0.2) is 0 Å². The number of aryl methyl sites for hydroxylation is 1. The first kappa shape index (κ1) is 19.2. The predicted molar refractivity (Wildman–Crippen MR) is 99.9 cm³/mol. The molecule has 0 aromatic carbocycles. The standard InChI is InChI=1S/C15H27N5O.HI/c1-16-15(17-7-6-14-10-18-20(3)11-14)19(2)8-9-21-12-13-4-5-13;/h10-11,13H,4-9,12H2,1-3H3,(H,16,17);1H. The third kappa shape index (κ3) is 6.95. The molecular weight excluding hydrogens is 393 g/mol. The number of aromatic nitrogens is 2. The van der Waals surface area contributed by atoms with Crippen LogP contribution in [-0.2, 0) is 18.2 Å². The van der Waals surface area contributed by atoms with Crippen LogP contribution < -0.4 is 5.32 Å². The van der Waals surface area contributed by atoms with Crippen LogP contribution in [0.2, 0.25) is 0 Å². The van der Waals surface area contributed by atoms with E-state index in [0.717, 1.165) is 44.6 Å². The first-order valence-corrected chi connectivity index (χ1v) is 7.66. The molecule has 1 N–H and O–H groups in total. The molecule has 1 aromatic rings. The monoisotopic (exact) mass is 421 g/mol. The third-order valence-corrected chi connectivity index (χ3v) is 3.65. The topological polar surface area (TPSA) is 54.7 Å². The molecule has 1 fully saturated rings. The van der Waals surface area contributed by atoms with Gasteiger partial charge in [0.2, 0.25) is 0 Å². The molecule has 0 atom stereocenters. The Labute approximate surface area is 150 Å². The van der Waals surface area contributed by atoms with Crippen molar-refractivity contribution in [3.05, 3.63) is 18.0 Å². The molecule has 2 rings (SSSR count). The molecule has 0 spiro atoms. The molecule has 1 aromatic heterocycles. The third-order valence-electron chi connectivity index (χ3n) is 3.65. The molecule has 0 bridgehead atoms. The van der Waals surface area contributed by atoms with Gasteiger partial charge in [-0.15, -0.1) is 24.0 Å². The van der Waals surface area contributed by atoms with Crippen LogP contribution in [0.4, 0.5) is 0 Å². The van der Waals surface area contributed by atoms with Crippen LogP contribution in [0.15, 0.2) is 17.4 Å². The Morgan fingerprint density at radius 3 is 2.91 bits per heavy atom. The highest BCUT2D eigenvalue weighted by Gasteiger charge is 2.21. The lowest BCUT2D eigenvalue weighted by Gasteiger charge is -2.21. The Bertz CT molecular complexity index is 459. The van der Waals surface area contributed by atoms with E-state index in [1.54, 1.807) is 0 Å². The zero-order chi connectivity index (χ0) is 15.1. The number of hydrogen-bond donors (Lipinski definition) is 1. The summed E-state index contributed by atoms with van der Waals surface area (Å²) in [7, 11) is 5.79. The molecule has 1 aliphatic rings. The number of nitrogens with one attached hydrogen (secondary N) is 1. The lowest BCUT2D eigenvalue weighted by atomic mass is 10.2. The van der Waals surface area contributed by atoms with E-state index in [2.05, 4.69) is 20.3 Å². The van der Waals surface area contributed by atoms with Crippen molar-refractivity contribution >= 4 is 29.9 Å². The zero-order valence-corrected chi connectivity index (χ0v) is 16.1. The van der Waals surface area contributed by atoms with Crippen molar-refractivity contribution < 1.29 is 4.74 Å². The second kappa shape index (κ2) is 10.0. The van der Waals surface area contributed by atoms with Gasteiger partial charge in [-0.1, -0.05) is 0 Å². The van der Waals surface area contributed by atoms with E-state index in [1.165, 1.54) is 18.4 Å². The van der Waals surface area contributed by atoms with E-state index < -0.39 is 0 Å². The smallest absolute Gasteiger partial charge is 0.193 e. The van der Waals surface area contributed by atoms with Crippen molar-refractivity contribution in [1.82, 2.24) is 20.0 Å². The van der Waals surface area contributed by atoms with Gasteiger partial charge in [0.1, 0.15) is 0 Å². The van der Waals surface area contributed by atoms with Crippen LogP contribution in [-0.4, -0.2) is 61.0 Å². The van der Waals surface area contributed by atoms with Gasteiger partial charge in [-0.05, 0) is 30.7 Å². The molecule has 1 heterocycles. The van der Waals surface area contributed by atoms with Crippen molar-refractivity contribution in [2.75, 3.05) is 40.4 Å². The normalized spacial score (nSPS) is 14.6. The summed E-state index contributed by atoms with van der Waals surface area (Å²) >= 11 is 0. The summed E-state index contributed by atoms with van der Waals surface area (Å²) in [6.07, 6.45) is 7.57. The van der Waals surface area contributed by atoms with Crippen molar-refractivity contribution in [3.8, 4) is 0 Å². The molecule has 7 heteroatoms. The number of guanidine groups is 1. The molecular formula is C15H28IN5O. The fourth-order valence-corrected chi connectivity index (χ4v) is 2.15. The first-order valence-electron chi connectivity index (χ1n) is 7.66. The summed E-state index contributed by atoms with van der Waals surface area (Å²) in [6, 6.07) is 0. The van der Waals surface area contributed by atoms with Gasteiger partial charge < -0.3 is 15.0 Å². The molecule has 126 valence electrons. The summed E-state index contributed by atoms with van der Waals surface area (Å²) in [6.45, 7) is 3.39. The first-order chi connectivity index (χ1) is 10.2. The second-order valence-electron chi connectivity index (χ2n) is 5.69. The van der Waals surface area contributed by atoms with Crippen molar-refractivity contribution in [3.63, 3.8) is 0 Å². The Kier molecular flexibility index (Phi) is 8.77. The summed E-state index contributed by atoms with van der Waals surface area (Å²) in [5, 5.41) is 7.54. The number of likely N-dealkylation sites (N-methyl/N-ethyl adjacent to an activating group) is 1. The van der Waals surface area contributed by atoms with Crippen molar-refractivity contribution in [2.45, 2.75) is 19.3 Å². The van der Waals surface area contributed by atoms with Gasteiger partial charge in [0.05, 0.1) is 12.8 Å².